The fraction of sp³-hybridized carbons (Fsp3) is 0.444. The van der Waals surface area contributed by atoms with Crippen molar-refractivity contribution >= 4 is 22.7 Å². The van der Waals surface area contributed by atoms with Crippen LogP contribution in [0.2, 0.25) is 0 Å². The van der Waals surface area contributed by atoms with Gasteiger partial charge < -0.3 is 20.7 Å². The summed E-state index contributed by atoms with van der Waals surface area (Å²) in [5.41, 5.74) is 1.13. The Kier molecular flexibility index (Phi) is 5.62. The first kappa shape index (κ1) is 18.0. The summed E-state index contributed by atoms with van der Waals surface area (Å²) in [5, 5.41) is 15.6. The van der Waals surface area contributed by atoms with Crippen LogP contribution in [-0.2, 0) is 4.79 Å². The normalized spacial score (nSPS) is 12.8. The monoisotopic (exact) mass is 331 g/mol. The van der Waals surface area contributed by atoms with Gasteiger partial charge >= 0.3 is 0 Å². The third-order valence-electron chi connectivity index (χ3n) is 3.98. The minimum atomic E-state index is -0.323. The fourth-order valence-corrected chi connectivity index (χ4v) is 2.55. The fourth-order valence-electron chi connectivity index (χ4n) is 2.55. The van der Waals surface area contributed by atoms with Crippen molar-refractivity contribution in [3.05, 3.63) is 36.0 Å². The van der Waals surface area contributed by atoms with E-state index in [0.29, 0.717) is 12.1 Å². The van der Waals surface area contributed by atoms with Crippen LogP contribution in [0.4, 0.5) is 0 Å². The largest absolute Gasteiger partial charge is 0.396 e. The standard InChI is InChI=1S/C18H25N3O3/c1-18(2,3)15(8-9-22)21-16(23)11-19-17(24)14-10-12-6-4-5-7-13(12)20-14/h4-7,10,15,20,22H,8-9,11H2,1-3H3,(H,19,24)(H,21,23). The van der Waals surface area contributed by atoms with E-state index in [0.717, 1.165) is 10.9 Å². The molecule has 1 aromatic carbocycles. The van der Waals surface area contributed by atoms with Gasteiger partial charge in [0.15, 0.2) is 0 Å². The number of aromatic amines is 1. The molecule has 0 saturated heterocycles. The molecule has 1 atom stereocenters. The molecule has 1 unspecified atom stereocenters. The van der Waals surface area contributed by atoms with Gasteiger partial charge in [0.05, 0.1) is 6.54 Å². The van der Waals surface area contributed by atoms with Crippen LogP contribution in [0, 0.1) is 5.41 Å². The van der Waals surface area contributed by atoms with Crippen LogP contribution in [0.15, 0.2) is 30.3 Å². The first-order chi connectivity index (χ1) is 11.3. The number of hydrogen-bond acceptors (Lipinski definition) is 3. The van der Waals surface area contributed by atoms with Crippen molar-refractivity contribution in [1.82, 2.24) is 15.6 Å². The van der Waals surface area contributed by atoms with E-state index in [-0.39, 0.29) is 36.4 Å². The SMILES string of the molecule is CC(C)(C)C(CCO)NC(=O)CNC(=O)c1cc2ccccc2[nH]1. The highest BCUT2D eigenvalue weighted by Gasteiger charge is 2.25. The molecule has 0 radical (unpaired) electrons. The predicted octanol–water partition coefficient (Wildman–Crippen LogP) is 1.81. The quantitative estimate of drug-likeness (QED) is 0.650. The van der Waals surface area contributed by atoms with Crippen molar-refractivity contribution in [2.75, 3.05) is 13.2 Å². The third-order valence-corrected chi connectivity index (χ3v) is 3.98. The number of fused-ring (bicyclic) bond motifs is 1. The molecular weight excluding hydrogens is 306 g/mol. The second-order valence-corrected chi connectivity index (χ2v) is 6.95. The van der Waals surface area contributed by atoms with Gasteiger partial charge in [0.2, 0.25) is 5.91 Å². The molecule has 1 aromatic heterocycles. The van der Waals surface area contributed by atoms with Gasteiger partial charge in [-0.3, -0.25) is 9.59 Å². The highest BCUT2D eigenvalue weighted by Crippen LogP contribution is 2.21. The van der Waals surface area contributed by atoms with E-state index in [2.05, 4.69) is 15.6 Å². The lowest BCUT2D eigenvalue weighted by atomic mass is 9.85. The van der Waals surface area contributed by atoms with E-state index in [9.17, 15) is 9.59 Å². The molecule has 130 valence electrons. The number of amides is 2. The summed E-state index contributed by atoms with van der Waals surface area (Å²) in [5.74, 6) is -0.594. The number of carbonyl (C=O) groups is 2. The van der Waals surface area contributed by atoms with Gasteiger partial charge in [0.25, 0.3) is 5.91 Å². The summed E-state index contributed by atoms with van der Waals surface area (Å²) in [6, 6.07) is 9.20. The number of nitrogens with one attached hydrogen (secondary N) is 3. The van der Waals surface area contributed by atoms with Crippen LogP contribution >= 0.6 is 0 Å². The van der Waals surface area contributed by atoms with Crippen LogP contribution in [0.5, 0.6) is 0 Å². The Bertz CT molecular complexity index is 683. The number of carbonyl (C=O) groups excluding carboxylic acids is 2. The Balaban J connectivity index is 1.92. The van der Waals surface area contributed by atoms with Crippen LogP contribution in [0.1, 0.15) is 37.7 Å². The van der Waals surface area contributed by atoms with Crippen LogP contribution in [0.25, 0.3) is 10.9 Å². The van der Waals surface area contributed by atoms with Crippen molar-refractivity contribution < 1.29 is 14.7 Å². The van der Waals surface area contributed by atoms with E-state index in [4.69, 9.17) is 5.11 Å². The molecule has 2 rings (SSSR count). The zero-order chi connectivity index (χ0) is 17.7. The van der Waals surface area contributed by atoms with Crippen LogP contribution in [-0.4, -0.2) is 41.1 Å². The minimum absolute atomic E-state index is 0.00361. The van der Waals surface area contributed by atoms with E-state index in [1.54, 1.807) is 6.07 Å². The lowest BCUT2D eigenvalue weighted by Gasteiger charge is -2.31. The van der Waals surface area contributed by atoms with Gasteiger partial charge in [0.1, 0.15) is 5.69 Å². The molecule has 2 aromatic rings. The Labute approximate surface area is 141 Å². The Morgan fingerprint density at radius 2 is 1.96 bits per heavy atom. The number of rotatable bonds is 6. The highest BCUT2D eigenvalue weighted by molar-refractivity contribution is 5.99. The zero-order valence-electron chi connectivity index (χ0n) is 14.3. The predicted molar refractivity (Wildman–Crippen MR) is 93.7 cm³/mol. The maximum atomic E-state index is 12.2. The number of aliphatic hydroxyl groups is 1. The average molecular weight is 331 g/mol. The maximum absolute atomic E-state index is 12.2. The minimum Gasteiger partial charge on any atom is -0.396 e. The number of hydrogen-bond donors (Lipinski definition) is 4. The molecule has 4 N–H and O–H groups in total. The van der Waals surface area contributed by atoms with Crippen molar-refractivity contribution in [3.8, 4) is 0 Å². The van der Waals surface area contributed by atoms with Gasteiger partial charge in [-0.25, -0.2) is 0 Å². The van der Waals surface area contributed by atoms with E-state index < -0.39 is 0 Å². The second kappa shape index (κ2) is 7.49. The summed E-state index contributed by atoms with van der Waals surface area (Å²) in [7, 11) is 0. The summed E-state index contributed by atoms with van der Waals surface area (Å²) in [6.45, 7) is 5.89. The Hall–Kier alpha value is -2.34. The maximum Gasteiger partial charge on any atom is 0.268 e. The molecular formula is C18H25N3O3. The molecule has 0 spiro atoms. The average Bonchev–Trinajstić information content (AvgIpc) is 2.95. The van der Waals surface area contributed by atoms with Crippen LogP contribution < -0.4 is 10.6 Å². The number of benzene rings is 1. The summed E-state index contributed by atoms with van der Waals surface area (Å²) in [4.78, 5) is 27.3. The summed E-state index contributed by atoms with van der Waals surface area (Å²) < 4.78 is 0. The molecule has 0 bridgehead atoms. The summed E-state index contributed by atoms with van der Waals surface area (Å²) in [6.07, 6.45) is 0.477. The molecule has 0 fully saturated rings. The number of aromatic nitrogens is 1. The van der Waals surface area contributed by atoms with Crippen molar-refractivity contribution in [2.45, 2.75) is 33.2 Å². The summed E-state index contributed by atoms with van der Waals surface area (Å²) >= 11 is 0. The topological polar surface area (TPSA) is 94.2 Å². The molecule has 0 saturated carbocycles. The van der Waals surface area contributed by atoms with Crippen molar-refractivity contribution in [2.24, 2.45) is 5.41 Å². The number of aliphatic hydroxyl groups excluding tert-OH is 1. The van der Waals surface area contributed by atoms with Gasteiger partial charge in [-0.1, -0.05) is 39.0 Å². The molecule has 0 aliphatic rings. The second-order valence-electron chi connectivity index (χ2n) is 6.95. The van der Waals surface area contributed by atoms with Crippen LogP contribution in [0.3, 0.4) is 0 Å². The van der Waals surface area contributed by atoms with E-state index in [1.165, 1.54) is 0 Å². The molecule has 0 aliphatic heterocycles. The number of H-pyrrole nitrogens is 1. The van der Waals surface area contributed by atoms with Crippen molar-refractivity contribution in [1.29, 1.82) is 0 Å². The molecule has 24 heavy (non-hydrogen) atoms. The molecule has 6 heteroatoms. The molecule has 1 heterocycles. The van der Waals surface area contributed by atoms with E-state index in [1.807, 2.05) is 45.0 Å². The highest BCUT2D eigenvalue weighted by atomic mass is 16.3. The smallest absolute Gasteiger partial charge is 0.268 e. The lowest BCUT2D eigenvalue weighted by molar-refractivity contribution is -0.121. The van der Waals surface area contributed by atoms with Gasteiger partial charge in [-0.15, -0.1) is 0 Å². The van der Waals surface area contributed by atoms with Gasteiger partial charge in [0, 0.05) is 23.6 Å². The Morgan fingerprint density at radius 3 is 2.58 bits per heavy atom. The van der Waals surface area contributed by atoms with Crippen molar-refractivity contribution in [3.63, 3.8) is 0 Å². The van der Waals surface area contributed by atoms with Gasteiger partial charge in [-0.05, 0) is 24.0 Å². The zero-order valence-corrected chi connectivity index (χ0v) is 14.3. The molecule has 6 nitrogen and oxygen atoms in total. The molecule has 0 aliphatic carbocycles. The molecule has 2 amide bonds. The van der Waals surface area contributed by atoms with Gasteiger partial charge in [-0.2, -0.15) is 0 Å². The third kappa shape index (κ3) is 4.58. The lowest BCUT2D eigenvalue weighted by Crippen LogP contribution is -2.47. The Morgan fingerprint density at radius 1 is 1.25 bits per heavy atom. The first-order valence-corrected chi connectivity index (χ1v) is 8.07. The first-order valence-electron chi connectivity index (χ1n) is 8.07. The number of para-hydroxylation sites is 1. The van der Waals surface area contributed by atoms with E-state index >= 15 is 0 Å².